The van der Waals surface area contributed by atoms with E-state index >= 15 is 0 Å². The van der Waals surface area contributed by atoms with Crippen molar-refractivity contribution in [2.24, 2.45) is 5.84 Å². The molecular weight excluding hydrogens is 232 g/mol. The third kappa shape index (κ3) is 3.52. The molecule has 2 rings (SSSR count). The van der Waals surface area contributed by atoms with E-state index in [4.69, 9.17) is 10.6 Å². The Balaban J connectivity index is 2.07. The van der Waals surface area contributed by atoms with Crippen molar-refractivity contribution < 1.29 is 4.74 Å². The van der Waals surface area contributed by atoms with Gasteiger partial charge in [0, 0.05) is 26.3 Å². The standard InChI is InChI=1S/C11H20N6O/c1-18-8-11-13-9(15-12)7-10(14-11)16-17-5-3-2-4-6-17/h7H,2-6,8,12H2,1H3,(H2,13,14,15,16). The molecule has 0 atom stereocenters. The summed E-state index contributed by atoms with van der Waals surface area (Å²) in [4.78, 5) is 8.58. The number of piperidine rings is 1. The Kier molecular flexibility index (Phi) is 4.68. The summed E-state index contributed by atoms with van der Waals surface area (Å²) in [5.74, 6) is 7.32. The Bertz CT molecular complexity index is 380. The molecule has 18 heavy (non-hydrogen) atoms. The Morgan fingerprint density at radius 2 is 2.00 bits per heavy atom. The van der Waals surface area contributed by atoms with Gasteiger partial charge in [-0.1, -0.05) is 6.42 Å². The van der Waals surface area contributed by atoms with Gasteiger partial charge in [-0.3, -0.25) is 0 Å². The summed E-state index contributed by atoms with van der Waals surface area (Å²) in [6, 6.07) is 1.79. The maximum atomic E-state index is 5.39. The topological polar surface area (TPSA) is 88.3 Å². The zero-order chi connectivity index (χ0) is 12.8. The number of nitrogens with zero attached hydrogens (tertiary/aromatic N) is 3. The molecule has 0 aromatic carbocycles. The van der Waals surface area contributed by atoms with E-state index in [2.05, 4.69) is 25.8 Å². The Morgan fingerprint density at radius 1 is 1.28 bits per heavy atom. The van der Waals surface area contributed by atoms with Crippen LogP contribution in [0.4, 0.5) is 11.6 Å². The molecule has 1 aliphatic rings. The van der Waals surface area contributed by atoms with Gasteiger partial charge in [-0.15, -0.1) is 0 Å². The van der Waals surface area contributed by atoms with E-state index in [0.717, 1.165) is 18.9 Å². The quantitative estimate of drug-likeness (QED) is 0.525. The second-order valence-electron chi connectivity index (χ2n) is 4.29. The molecule has 1 saturated heterocycles. The van der Waals surface area contributed by atoms with Crippen LogP contribution in [0.5, 0.6) is 0 Å². The van der Waals surface area contributed by atoms with Gasteiger partial charge in [0.15, 0.2) is 5.82 Å². The molecule has 0 radical (unpaired) electrons. The first-order valence-corrected chi connectivity index (χ1v) is 6.17. The summed E-state index contributed by atoms with van der Waals surface area (Å²) in [6.45, 7) is 2.44. The van der Waals surface area contributed by atoms with Gasteiger partial charge in [-0.05, 0) is 12.8 Å². The van der Waals surface area contributed by atoms with Gasteiger partial charge in [0.25, 0.3) is 0 Å². The average Bonchev–Trinajstić information content (AvgIpc) is 2.40. The van der Waals surface area contributed by atoms with Gasteiger partial charge in [-0.25, -0.2) is 20.8 Å². The predicted octanol–water partition coefficient (Wildman–Crippen LogP) is 0.721. The summed E-state index contributed by atoms with van der Waals surface area (Å²) in [7, 11) is 1.61. The molecule has 1 aromatic heterocycles. The summed E-state index contributed by atoms with van der Waals surface area (Å²) in [6.07, 6.45) is 3.72. The zero-order valence-electron chi connectivity index (χ0n) is 10.6. The van der Waals surface area contributed by atoms with E-state index in [1.165, 1.54) is 19.3 Å². The lowest BCUT2D eigenvalue weighted by Crippen LogP contribution is -2.35. The molecular formula is C11H20N6O. The number of nitrogens with one attached hydrogen (secondary N) is 2. The minimum atomic E-state index is 0.365. The number of nitrogen functional groups attached to an aromatic ring is 1. The number of aromatic nitrogens is 2. The number of rotatable bonds is 5. The van der Waals surface area contributed by atoms with Crippen molar-refractivity contribution in [1.82, 2.24) is 15.0 Å². The van der Waals surface area contributed by atoms with Crippen molar-refractivity contribution in [3.63, 3.8) is 0 Å². The van der Waals surface area contributed by atoms with Crippen LogP contribution in [0.15, 0.2) is 6.07 Å². The number of anilines is 2. The zero-order valence-corrected chi connectivity index (χ0v) is 10.6. The van der Waals surface area contributed by atoms with Crippen molar-refractivity contribution in [1.29, 1.82) is 0 Å². The number of ether oxygens (including phenoxy) is 1. The molecule has 0 bridgehead atoms. The highest BCUT2D eigenvalue weighted by Gasteiger charge is 2.11. The van der Waals surface area contributed by atoms with Crippen LogP contribution < -0.4 is 16.7 Å². The van der Waals surface area contributed by atoms with Crippen LogP contribution in [0.3, 0.4) is 0 Å². The van der Waals surface area contributed by atoms with Crippen LogP contribution in [0.2, 0.25) is 0 Å². The fraction of sp³-hybridized carbons (Fsp3) is 0.636. The van der Waals surface area contributed by atoms with Crippen molar-refractivity contribution in [2.45, 2.75) is 25.9 Å². The summed E-state index contributed by atoms with van der Waals surface area (Å²) in [5.41, 5.74) is 5.82. The van der Waals surface area contributed by atoms with E-state index in [0.29, 0.717) is 18.2 Å². The van der Waals surface area contributed by atoms with Gasteiger partial charge < -0.3 is 15.6 Å². The molecule has 1 aliphatic heterocycles. The van der Waals surface area contributed by atoms with Gasteiger partial charge in [-0.2, -0.15) is 0 Å². The molecule has 2 heterocycles. The molecule has 4 N–H and O–H groups in total. The SMILES string of the molecule is COCc1nc(NN)cc(NN2CCCCC2)n1. The molecule has 1 aromatic rings. The van der Waals surface area contributed by atoms with Crippen molar-refractivity contribution in [2.75, 3.05) is 31.1 Å². The highest BCUT2D eigenvalue weighted by atomic mass is 16.5. The van der Waals surface area contributed by atoms with Gasteiger partial charge in [0.2, 0.25) is 0 Å². The molecule has 0 saturated carbocycles. The van der Waals surface area contributed by atoms with E-state index < -0.39 is 0 Å². The molecule has 7 heteroatoms. The fourth-order valence-corrected chi connectivity index (χ4v) is 1.99. The van der Waals surface area contributed by atoms with Crippen LogP contribution >= 0.6 is 0 Å². The second kappa shape index (κ2) is 6.48. The Morgan fingerprint density at radius 3 is 2.67 bits per heavy atom. The Labute approximate surface area is 107 Å². The number of hydrogen-bond acceptors (Lipinski definition) is 7. The maximum Gasteiger partial charge on any atom is 0.158 e. The lowest BCUT2D eigenvalue weighted by molar-refractivity contribution is 0.178. The molecule has 0 spiro atoms. The first-order chi connectivity index (χ1) is 8.81. The minimum Gasteiger partial charge on any atom is -0.377 e. The van der Waals surface area contributed by atoms with E-state index in [1.807, 2.05) is 0 Å². The maximum absolute atomic E-state index is 5.39. The summed E-state index contributed by atoms with van der Waals surface area (Å²) < 4.78 is 5.04. The van der Waals surface area contributed by atoms with Crippen LogP contribution in [0.1, 0.15) is 25.1 Å². The second-order valence-corrected chi connectivity index (χ2v) is 4.29. The minimum absolute atomic E-state index is 0.365. The molecule has 100 valence electrons. The molecule has 1 fully saturated rings. The van der Waals surface area contributed by atoms with Gasteiger partial charge in [0.1, 0.15) is 18.2 Å². The average molecular weight is 252 g/mol. The monoisotopic (exact) mass is 252 g/mol. The van der Waals surface area contributed by atoms with E-state index in [9.17, 15) is 0 Å². The van der Waals surface area contributed by atoms with E-state index in [-0.39, 0.29) is 0 Å². The van der Waals surface area contributed by atoms with Crippen LogP contribution in [-0.2, 0) is 11.3 Å². The highest BCUT2D eigenvalue weighted by Crippen LogP contribution is 2.14. The number of methoxy groups -OCH3 is 1. The summed E-state index contributed by atoms with van der Waals surface area (Å²) >= 11 is 0. The van der Waals surface area contributed by atoms with Crippen LogP contribution in [0.25, 0.3) is 0 Å². The number of hydrazine groups is 2. The van der Waals surface area contributed by atoms with Crippen LogP contribution in [-0.4, -0.2) is 35.2 Å². The normalized spacial score (nSPS) is 16.6. The Hall–Kier alpha value is -1.44. The lowest BCUT2D eigenvalue weighted by Gasteiger charge is -2.27. The predicted molar refractivity (Wildman–Crippen MR) is 69.6 cm³/mol. The van der Waals surface area contributed by atoms with Gasteiger partial charge >= 0.3 is 0 Å². The molecule has 7 nitrogen and oxygen atoms in total. The van der Waals surface area contributed by atoms with Crippen molar-refractivity contribution in [3.05, 3.63) is 11.9 Å². The van der Waals surface area contributed by atoms with Crippen molar-refractivity contribution in [3.8, 4) is 0 Å². The van der Waals surface area contributed by atoms with E-state index in [1.54, 1.807) is 13.2 Å². The molecule has 0 aliphatic carbocycles. The fourth-order valence-electron chi connectivity index (χ4n) is 1.99. The number of nitrogens with two attached hydrogens (primary N) is 1. The highest BCUT2D eigenvalue weighted by molar-refractivity contribution is 5.46. The van der Waals surface area contributed by atoms with Crippen LogP contribution in [0, 0.1) is 0 Å². The van der Waals surface area contributed by atoms with Crippen molar-refractivity contribution >= 4 is 11.6 Å². The molecule has 0 amide bonds. The first kappa shape index (κ1) is 13.0. The largest absolute Gasteiger partial charge is 0.377 e. The lowest BCUT2D eigenvalue weighted by atomic mass is 10.2. The molecule has 0 unspecified atom stereocenters. The summed E-state index contributed by atoms with van der Waals surface area (Å²) in [5, 5.41) is 2.17. The third-order valence-corrected chi connectivity index (χ3v) is 2.82. The smallest absolute Gasteiger partial charge is 0.158 e. The third-order valence-electron chi connectivity index (χ3n) is 2.82. The first-order valence-electron chi connectivity index (χ1n) is 6.17. The number of hydrogen-bond donors (Lipinski definition) is 3. The van der Waals surface area contributed by atoms with Gasteiger partial charge in [0.05, 0.1) is 0 Å².